The maximum atomic E-state index is 5.65. The van der Waals surface area contributed by atoms with Crippen molar-refractivity contribution < 1.29 is 4.74 Å². The summed E-state index contributed by atoms with van der Waals surface area (Å²) in [5.41, 5.74) is 0. The first kappa shape index (κ1) is 14.0. The predicted molar refractivity (Wildman–Crippen MR) is 69.7 cm³/mol. The fourth-order valence-corrected chi connectivity index (χ4v) is 2.50. The molecule has 1 aliphatic rings. The molecule has 1 heterocycles. The molecule has 1 fully saturated rings. The zero-order chi connectivity index (χ0) is 11.8. The van der Waals surface area contributed by atoms with E-state index in [9.17, 15) is 0 Å². The molecule has 0 amide bonds. The molecule has 0 aromatic rings. The van der Waals surface area contributed by atoms with Crippen molar-refractivity contribution in [2.75, 3.05) is 13.7 Å². The second kappa shape index (κ2) is 8.08. The summed E-state index contributed by atoms with van der Waals surface area (Å²) in [6.07, 6.45) is 9.62. The van der Waals surface area contributed by atoms with Gasteiger partial charge in [0.15, 0.2) is 0 Å². The lowest BCUT2D eigenvalue weighted by atomic mass is 9.95. The molecule has 1 saturated heterocycles. The van der Waals surface area contributed by atoms with Crippen molar-refractivity contribution in [2.45, 2.75) is 70.9 Å². The van der Waals surface area contributed by atoms with Gasteiger partial charge in [0.25, 0.3) is 0 Å². The SMILES string of the molecule is CCC(C)CC(CCCC1CCCO1)NC. The van der Waals surface area contributed by atoms with Gasteiger partial charge >= 0.3 is 0 Å². The Hall–Kier alpha value is -0.0800. The molecule has 2 heteroatoms. The fraction of sp³-hybridized carbons (Fsp3) is 1.00. The van der Waals surface area contributed by atoms with E-state index in [1.165, 1.54) is 44.9 Å². The summed E-state index contributed by atoms with van der Waals surface area (Å²) in [6.45, 7) is 5.63. The topological polar surface area (TPSA) is 21.3 Å². The van der Waals surface area contributed by atoms with Gasteiger partial charge in [-0.05, 0) is 51.5 Å². The second-order valence-corrected chi connectivity index (χ2v) is 5.30. The Bertz CT molecular complexity index is 166. The Morgan fingerprint density at radius 3 is 2.81 bits per heavy atom. The lowest BCUT2D eigenvalue weighted by molar-refractivity contribution is 0.101. The molecular formula is C14H29NO. The van der Waals surface area contributed by atoms with Crippen LogP contribution in [0.25, 0.3) is 0 Å². The molecule has 0 aliphatic carbocycles. The van der Waals surface area contributed by atoms with E-state index < -0.39 is 0 Å². The maximum Gasteiger partial charge on any atom is 0.0576 e. The van der Waals surface area contributed by atoms with E-state index in [1.54, 1.807) is 0 Å². The van der Waals surface area contributed by atoms with Gasteiger partial charge in [0.1, 0.15) is 0 Å². The highest BCUT2D eigenvalue weighted by atomic mass is 16.5. The van der Waals surface area contributed by atoms with Gasteiger partial charge in [0, 0.05) is 12.6 Å². The molecule has 3 unspecified atom stereocenters. The van der Waals surface area contributed by atoms with Gasteiger partial charge in [-0.25, -0.2) is 0 Å². The third kappa shape index (κ3) is 5.31. The van der Waals surface area contributed by atoms with E-state index in [1.807, 2.05) is 0 Å². The van der Waals surface area contributed by atoms with Crippen molar-refractivity contribution in [1.82, 2.24) is 5.32 Å². The second-order valence-electron chi connectivity index (χ2n) is 5.30. The average molecular weight is 227 g/mol. The van der Waals surface area contributed by atoms with Gasteiger partial charge in [-0.1, -0.05) is 20.3 Å². The molecule has 3 atom stereocenters. The largest absolute Gasteiger partial charge is 0.378 e. The van der Waals surface area contributed by atoms with Crippen LogP contribution in [-0.4, -0.2) is 25.8 Å². The molecule has 0 spiro atoms. The molecule has 0 radical (unpaired) electrons. The lowest BCUT2D eigenvalue weighted by Crippen LogP contribution is -2.27. The van der Waals surface area contributed by atoms with Crippen LogP contribution in [0.1, 0.15) is 58.8 Å². The highest BCUT2D eigenvalue weighted by Gasteiger charge is 2.16. The first-order valence-corrected chi connectivity index (χ1v) is 7.05. The van der Waals surface area contributed by atoms with Crippen LogP contribution in [0.15, 0.2) is 0 Å². The van der Waals surface area contributed by atoms with Gasteiger partial charge in [0.2, 0.25) is 0 Å². The van der Waals surface area contributed by atoms with Crippen LogP contribution in [0.5, 0.6) is 0 Å². The van der Waals surface area contributed by atoms with Crippen LogP contribution >= 0.6 is 0 Å². The number of hydrogen-bond donors (Lipinski definition) is 1. The highest BCUT2D eigenvalue weighted by molar-refractivity contribution is 4.70. The lowest BCUT2D eigenvalue weighted by Gasteiger charge is -2.20. The molecule has 1 rings (SSSR count). The standard InChI is InChI=1S/C14H29NO/c1-4-12(2)11-13(15-3)7-5-8-14-9-6-10-16-14/h12-15H,4-11H2,1-3H3. The number of hydrogen-bond acceptors (Lipinski definition) is 2. The van der Waals surface area contributed by atoms with E-state index in [0.717, 1.165) is 12.5 Å². The van der Waals surface area contributed by atoms with Crippen molar-refractivity contribution in [2.24, 2.45) is 5.92 Å². The summed E-state index contributed by atoms with van der Waals surface area (Å²) in [5, 5.41) is 3.45. The van der Waals surface area contributed by atoms with E-state index in [0.29, 0.717) is 12.1 Å². The van der Waals surface area contributed by atoms with Crippen molar-refractivity contribution >= 4 is 0 Å². The molecule has 1 aliphatic heterocycles. The molecule has 0 saturated carbocycles. The third-order valence-electron chi connectivity index (χ3n) is 3.89. The number of rotatable bonds is 8. The molecule has 96 valence electrons. The van der Waals surface area contributed by atoms with Crippen molar-refractivity contribution in [3.05, 3.63) is 0 Å². The van der Waals surface area contributed by atoms with Crippen LogP contribution < -0.4 is 5.32 Å². The van der Waals surface area contributed by atoms with Gasteiger partial charge in [-0.15, -0.1) is 0 Å². The van der Waals surface area contributed by atoms with E-state index in [2.05, 4.69) is 26.2 Å². The first-order valence-electron chi connectivity index (χ1n) is 7.05. The van der Waals surface area contributed by atoms with Crippen LogP contribution in [0.4, 0.5) is 0 Å². The quantitative estimate of drug-likeness (QED) is 0.686. The van der Waals surface area contributed by atoms with E-state index in [4.69, 9.17) is 4.74 Å². The minimum Gasteiger partial charge on any atom is -0.378 e. The predicted octanol–water partition coefficient (Wildman–Crippen LogP) is 3.36. The minimum atomic E-state index is 0.570. The third-order valence-corrected chi connectivity index (χ3v) is 3.89. The van der Waals surface area contributed by atoms with E-state index >= 15 is 0 Å². The normalized spacial score (nSPS) is 24.6. The molecule has 0 aromatic heterocycles. The Labute approximate surface area is 101 Å². The number of nitrogens with one attached hydrogen (secondary N) is 1. The summed E-state index contributed by atoms with van der Waals surface area (Å²) in [4.78, 5) is 0. The summed E-state index contributed by atoms with van der Waals surface area (Å²) in [6, 6.07) is 0.705. The Balaban J connectivity index is 2.08. The van der Waals surface area contributed by atoms with Gasteiger partial charge in [-0.3, -0.25) is 0 Å². The molecule has 0 aromatic carbocycles. The average Bonchev–Trinajstić information content (AvgIpc) is 2.80. The smallest absolute Gasteiger partial charge is 0.0576 e. The van der Waals surface area contributed by atoms with Crippen LogP contribution in [-0.2, 0) is 4.74 Å². The van der Waals surface area contributed by atoms with Crippen molar-refractivity contribution in [1.29, 1.82) is 0 Å². The van der Waals surface area contributed by atoms with Crippen LogP contribution in [0.2, 0.25) is 0 Å². The molecule has 0 bridgehead atoms. The van der Waals surface area contributed by atoms with Crippen molar-refractivity contribution in [3.8, 4) is 0 Å². The van der Waals surface area contributed by atoms with Crippen molar-refractivity contribution in [3.63, 3.8) is 0 Å². The summed E-state index contributed by atoms with van der Waals surface area (Å²) in [7, 11) is 2.10. The Morgan fingerprint density at radius 2 is 2.25 bits per heavy atom. The monoisotopic (exact) mass is 227 g/mol. The first-order chi connectivity index (χ1) is 7.76. The van der Waals surface area contributed by atoms with Gasteiger partial charge < -0.3 is 10.1 Å². The van der Waals surface area contributed by atoms with Crippen LogP contribution in [0.3, 0.4) is 0 Å². The highest BCUT2D eigenvalue weighted by Crippen LogP contribution is 2.20. The Morgan fingerprint density at radius 1 is 1.44 bits per heavy atom. The number of ether oxygens (including phenoxy) is 1. The zero-order valence-electron chi connectivity index (χ0n) is 11.3. The zero-order valence-corrected chi connectivity index (χ0v) is 11.3. The molecule has 2 nitrogen and oxygen atoms in total. The summed E-state index contributed by atoms with van der Waals surface area (Å²) >= 11 is 0. The molecular weight excluding hydrogens is 198 g/mol. The van der Waals surface area contributed by atoms with Gasteiger partial charge in [-0.2, -0.15) is 0 Å². The fourth-order valence-electron chi connectivity index (χ4n) is 2.50. The summed E-state index contributed by atoms with van der Waals surface area (Å²) in [5.74, 6) is 0.847. The maximum absolute atomic E-state index is 5.65. The summed E-state index contributed by atoms with van der Waals surface area (Å²) < 4.78 is 5.65. The Kier molecular flexibility index (Phi) is 7.06. The molecule has 16 heavy (non-hydrogen) atoms. The van der Waals surface area contributed by atoms with E-state index in [-0.39, 0.29) is 0 Å². The molecule has 1 N–H and O–H groups in total. The van der Waals surface area contributed by atoms with Crippen LogP contribution in [0, 0.1) is 5.92 Å². The minimum absolute atomic E-state index is 0.570. The van der Waals surface area contributed by atoms with Gasteiger partial charge in [0.05, 0.1) is 6.10 Å².